The first-order chi connectivity index (χ1) is 8.54. The SMILES string of the molecule is COC(=O)CCCC(=O)Nc1cccc(C)c1Br. The van der Waals surface area contributed by atoms with Crippen molar-refractivity contribution in [1.29, 1.82) is 0 Å². The van der Waals surface area contributed by atoms with Gasteiger partial charge in [0.1, 0.15) is 0 Å². The van der Waals surface area contributed by atoms with E-state index in [9.17, 15) is 9.59 Å². The number of hydrogen-bond acceptors (Lipinski definition) is 3. The highest BCUT2D eigenvalue weighted by Gasteiger charge is 2.08. The molecule has 1 aromatic rings. The van der Waals surface area contributed by atoms with Gasteiger partial charge >= 0.3 is 5.97 Å². The molecule has 0 radical (unpaired) electrons. The topological polar surface area (TPSA) is 55.4 Å². The van der Waals surface area contributed by atoms with Crippen molar-refractivity contribution in [2.45, 2.75) is 26.2 Å². The molecule has 1 rings (SSSR count). The summed E-state index contributed by atoms with van der Waals surface area (Å²) in [4.78, 5) is 22.6. The van der Waals surface area contributed by atoms with Crippen molar-refractivity contribution in [2.75, 3.05) is 12.4 Å². The van der Waals surface area contributed by atoms with E-state index in [1.165, 1.54) is 7.11 Å². The summed E-state index contributed by atoms with van der Waals surface area (Å²) in [6.45, 7) is 1.96. The second-order valence-electron chi connectivity index (χ2n) is 3.91. The molecule has 0 aliphatic rings. The second kappa shape index (κ2) is 7.16. The molecule has 18 heavy (non-hydrogen) atoms. The number of ether oxygens (including phenoxy) is 1. The Labute approximate surface area is 115 Å². The van der Waals surface area contributed by atoms with Crippen LogP contribution in [0.4, 0.5) is 5.69 Å². The molecular formula is C13H16BrNO3. The summed E-state index contributed by atoms with van der Waals surface area (Å²) < 4.78 is 5.39. The summed E-state index contributed by atoms with van der Waals surface area (Å²) in [7, 11) is 1.34. The molecule has 0 fully saturated rings. The number of benzene rings is 1. The van der Waals surface area contributed by atoms with Gasteiger partial charge in [-0.1, -0.05) is 12.1 Å². The van der Waals surface area contributed by atoms with E-state index in [1.807, 2.05) is 25.1 Å². The molecule has 0 unspecified atom stereocenters. The lowest BCUT2D eigenvalue weighted by Crippen LogP contribution is -2.12. The smallest absolute Gasteiger partial charge is 0.305 e. The molecule has 1 amide bonds. The molecule has 0 saturated carbocycles. The van der Waals surface area contributed by atoms with Gasteiger partial charge in [-0.15, -0.1) is 0 Å². The maximum atomic E-state index is 11.7. The number of carbonyl (C=O) groups excluding carboxylic acids is 2. The van der Waals surface area contributed by atoms with Gasteiger partial charge in [0.2, 0.25) is 5.91 Å². The molecule has 1 N–H and O–H groups in total. The number of nitrogens with one attached hydrogen (secondary N) is 1. The Kier molecular flexibility index (Phi) is 5.85. The number of anilines is 1. The lowest BCUT2D eigenvalue weighted by Gasteiger charge is -2.08. The number of hydrogen-bond donors (Lipinski definition) is 1. The zero-order chi connectivity index (χ0) is 13.5. The highest BCUT2D eigenvalue weighted by Crippen LogP contribution is 2.25. The average molecular weight is 314 g/mol. The van der Waals surface area contributed by atoms with Crippen molar-refractivity contribution < 1.29 is 14.3 Å². The maximum Gasteiger partial charge on any atom is 0.305 e. The number of halogens is 1. The molecule has 0 spiro atoms. The largest absolute Gasteiger partial charge is 0.469 e. The van der Waals surface area contributed by atoms with E-state index in [0.29, 0.717) is 12.8 Å². The number of carbonyl (C=O) groups is 2. The summed E-state index contributed by atoms with van der Waals surface area (Å²) >= 11 is 3.42. The molecule has 0 aliphatic carbocycles. The average Bonchev–Trinajstić information content (AvgIpc) is 2.34. The third-order valence-corrected chi connectivity index (χ3v) is 3.53. The third-order valence-electron chi connectivity index (χ3n) is 2.48. The van der Waals surface area contributed by atoms with Crippen LogP contribution >= 0.6 is 15.9 Å². The van der Waals surface area contributed by atoms with Crippen LogP contribution in [0.15, 0.2) is 22.7 Å². The van der Waals surface area contributed by atoms with E-state index in [1.54, 1.807) is 0 Å². The van der Waals surface area contributed by atoms with E-state index >= 15 is 0 Å². The summed E-state index contributed by atoms with van der Waals surface area (Å²) in [5, 5.41) is 2.80. The summed E-state index contributed by atoms with van der Waals surface area (Å²) in [6, 6.07) is 5.66. The van der Waals surface area contributed by atoms with Crippen molar-refractivity contribution in [3.05, 3.63) is 28.2 Å². The molecule has 0 bridgehead atoms. The Balaban J connectivity index is 2.45. The highest BCUT2D eigenvalue weighted by molar-refractivity contribution is 9.10. The normalized spacial score (nSPS) is 9.94. The fourth-order valence-electron chi connectivity index (χ4n) is 1.45. The second-order valence-corrected chi connectivity index (χ2v) is 4.71. The minimum atomic E-state index is -0.292. The molecule has 0 heterocycles. The zero-order valence-electron chi connectivity index (χ0n) is 10.5. The summed E-state index contributed by atoms with van der Waals surface area (Å²) in [5.41, 5.74) is 1.81. The van der Waals surface area contributed by atoms with Gasteiger partial charge in [-0.3, -0.25) is 9.59 Å². The predicted molar refractivity (Wildman–Crippen MR) is 73.4 cm³/mol. The number of amides is 1. The zero-order valence-corrected chi connectivity index (χ0v) is 12.0. The van der Waals surface area contributed by atoms with Gasteiger partial charge in [-0.25, -0.2) is 0 Å². The Morgan fingerprint density at radius 3 is 2.72 bits per heavy atom. The molecule has 0 aromatic heterocycles. The molecule has 1 aromatic carbocycles. The van der Waals surface area contributed by atoms with Crippen LogP contribution in [-0.2, 0) is 14.3 Å². The van der Waals surface area contributed by atoms with Crippen molar-refractivity contribution in [3.63, 3.8) is 0 Å². The molecule has 98 valence electrons. The number of methoxy groups -OCH3 is 1. The van der Waals surface area contributed by atoms with Gasteiger partial charge in [0.15, 0.2) is 0 Å². The van der Waals surface area contributed by atoms with E-state index in [4.69, 9.17) is 0 Å². The Bertz CT molecular complexity index is 446. The Hall–Kier alpha value is -1.36. The third kappa shape index (κ3) is 4.49. The van der Waals surface area contributed by atoms with Crippen molar-refractivity contribution in [1.82, 2.24) is 0 Å². The summed E-state index contributed by atoms with van der Waals surface area (Å²) in [6.07, 6.45) is 1.05. The van der Waals surface area contributed by atoms with Crippen LogP contribution in [0, 0.1) is 6.92 Å². The Morgan fingerprint density at radius 1 is 1.33 bits per heavy atom. The van der Waals surface area contributed by atoms with Crippen molar-refractivity contribution >= 4 is 33.5 Å². The summed E-state index contributed by atoms with van der Waals surface area (Å²) in [5.74, 6) is -0.398. The van der Waals surface area contributed by atoms with Gasteiger partial charge in [-0.05, 0) is 40.9 Å². The van der Waals surface area contributed by atoms with Crippen molar-refractivity contribution in [3.8, 4) is 0 Å². The highest BCUT2D eigenvalue weighted by atomic mass is 79.9. The van der Waals surface area contributed by atoms with Crippen LogP contribution in [0.3, 0.4) is 0 Å². The van der Waals surface area contributed by atoms with Crippen LogP contribution in [0.2, 0.25) is 0 Å². The quantitative estimate of drug-likeness (QED) is 0.850. The molecule has 4 nitrogen and oxygen atoms in total. The Morgan fingerprint density at radius 2 is 2.06 bits per heavy atom. The first-order valence-corrected chi connectivity index (χ1v) is 6.45. The minimum absolute atomic E-state index is 0.106. The van der Waals surface area contributed by atoms with Gasteiger partial charge < -0.3 is 10.1 Å². The standard InChI is InChI=1S/C13H16BrNO3/c1-9-5-3-6-10(13(9)14)15-11(16)7-4-8-12(17)18-2/h3,5-6H,4,7-8H2,1-2H3,(H,15,16). The maximum absolute atomic E-state index is 11.7. The van der Waals surface area contributed by atoms with Crippen molar-refractivity contribution in [2.24, 2.45) is 0 Å². The minimum Gasteiger partial charge on any atom is -0.469 e. The molecular weight excluding hydrogens is 298 g/mol. The van der Waals surface area contributed by atoms with Crippen LogP contribution in [-0.4, -0.2) is 19.0 Å². The van der Waals surface area contributed by atoms with E-state index in [2.05, 4.69) is 26.0 Å². The number of esters is 1. The first kappa shape index (κ1) is 14.7. The molecule has 0 aliphatic heterocycles. The van der Waals surface area contributed by atoms with Gasteiger partial charge in [-0.2, -0.15) is 0 Å². The van der Waals surface area contributed by atoms with Gasteiger partial charge in [0.05, 0.1) is 12.8 Å². The van der Waals surface area contributed by atoms with Gasteiger partial charge in [0.25, 0.3) is 0 Å². The monoisotopic (exact) mass is 313 g/mol. The number of aryl methyl sites for hydroxylation is 1. The lowest BCUT2D eigenvalue weighted by molar-refractivity contribution is -0.140. The van der Waals surface area contributed by atoms with Gasteiger partial charge in [0, 0.05) is 17.3 Å². The van der Waals surface area contributed by atoms with Crippen LogP contribution in [0.5, 0.6) is 0 Å². The predicted octanol–water partition coefficient (Wildman–Crippen LogP) is 3.04. The van der Waals surface area contributed by atoms with Crippen LogP contribution in [0.1, 0.15) is 24.8 Å². The molecule has 5 heteroatoms. The fraction of sp³-hybridized carbons (Fsp3) is 0.385. The van der Waals surface area contributed by atoms with Crippen LogP contribution in [0.25, 0.3) is 0 Å². The van der Waals surface area contributed by atoms with E-state index < -0.39 is 0 Å². The first-order valence-electron chi connectivity index (χ1n) is 5.66. The van der Waals surface area contributed by atoms with E-state index in [0.717, 1.165) is 15.7 Å². The molecule has 0 atom stereocenters. The number of rotatable bonds is 5. The van der Waals surface area contributed by atoms with Crippen LogP contribution < -0.4 is 5.32 Å². The fourth-order valence-corrected chi connectivity index (χ4v) is 1.82. The van der Waals surface area contributed by atoms with E-state index in [-0.39, 0.29) is 18.3 Å². The lowest BCUT2D eigenvalue weighted by atomic mass is 10.2. The molecule has 0 saturated heterocycles.